The zero-order chi connectivity index (χ0) is 15.5. The fourth-order valence-corrected chi connectivity index (χ4v) is 1.84. The standard InChI is InChI=1S/C15H23N3O3/c1-2-3-9-21-15(20)17-11-13(14(19)18-16)10-12-7-5-4-6-8-12/h4-8,13H,2-3,9-11,16H2,1H3,(H,17,20)(H,18,19). The van der Waals surface area contributed by atoms with Crippen molar-refractivity contribution in [3.05, 3.63) is 35.9 Å². The number of nitrogens with two attached hydrogens (primary N) is 1. The Morgan fingerprint density at radius 3 is 2.62 bits per heavy atom. The summed E-state index contributed by atoms with van der Waals surface area (Å²) in [4.78, 5) is 23.3. The van der Waals surface area contributed by atoms with Crippen LogP contribution >= 0.6 is 0 Å². The molecule has 0 aromatic heterocycles. The molecule has 6 heteroatoms. The van der Waals surface area contributed by atoms with E-state index in [2.05, 4.69) is 10.7 Å². The molecule has 0 fully saturated rings. The molecule has 2 amide bonds. The van der Waals surface area contributed by atoms with Gasteiger partial charge in [-0.1, -0.05) is 43.7 Å². The number of nitrogens with one attached hydrogen (secondary N) is 2. The van der Waals surface area contributed by atoms with Crippen LogP contribution in [0.4, 0.5) is 4.79 Å². The van der Waals surface area contributed by atoms with E-state index in [9.17, 15) is 9.59 Å². The predicted molar refractivity (Wildman–Crippen MR) is 80.2 cm³/mol. The van der Waals surface area contributed by atoms with Gasteiger partial charge in [0, 0.05) is 6.54 Å². The van der Waals surface area contributed by atoms with E-state index >= 15 is 0 Å². The van der Waals surface area contributed by atoms with E-state index in [0.717, 1.165) is 18.4 Å². The van der Waals surface area contributed by atoms with Gasteiger partial charge in [-0.3, -0.25) is 10.2 Å². The Labute approximate surface area is 125 Å². The molecule has 0 aliphatic carbocycles. The van der Waals surface area contributed by atoms with Crippen molar-refractivity contribution in [1.29, 1.82) is 0 Å². The number of hydrazine groups is 1. The summed E-state index contributed by atoms with van der Waals surface area (Å²) in [6.45, 7) is 2.58. The van der Waals surface area contributed by atoms with Gasteiger partial charge in [0.15, 0.2) is 0 Å². The summed E-state index contributed by atoms with van der Waals surface area (Å²) in [6.07, 6.45) is 1.77. The van der Waals surface area contributed by atoms with Crippen molar-refractivity contribution in [3.8, 4) is 0 Å². The van der Waals surface area contributed by atoms with E-state index in [1.165, 1.54) is 0 Å². The van der Waals surface area contributed by atoms with Crippen molar-refractivity contribution in [3.63, 3.8) is 0 Å². The van der Waals surface area contributed by atoms with Crippen LogP contribution in [-0.2, 0) is 16.0 Å². The molecular formula is C15H23N3O3. The van der Waals surface area contributed by atoms with Crippen molar-refractivity contribution in [2.45, 2.75) is 26.2 Å². The lowest BCUT2D eigenvalue weighted by Gasteiger charge is -2.16. The first-order chi connectivity index (χ1) is 10.2. The SMILES string of the molecule is CCCCOC(=O)NCC(Cc1ccccc1)C(=O)NN. The van der Waals surface area contributed by atoms with Crippen LogP contribution in [-0.4, -0.2) is 25.2 Å². The quantitative estimate of drug-likeness (QED) is 0.292. The van der Waals surface area contributed by atoms with Gasteiger partial charge in [0.2, 0.25) is 5.91 Å². The fraction of sp³-hybridized carbons (Fsp3) is 0.467. The van der Waals surface area contributed by atoms with Gasteiger partial charge in [-0.05, 0) is 18.4 Å². The van der Waals surface area contributed by atoms with E-state index in [1.807, 2.05) is 37.3 Å². The normalized spacial score (nSPS) is 11.5. The summed E-state index contributed by atoms with van der Waals surface area (Å²) in [5.41, 5.74) is 3.14. The van der Waals surface area contributed by atoms with Crippen LogP contribution in [0.2, 0.25) is 0 Å². The first kappa shape index (κ1) is 17.0. The molecule has 116 valence electrons. The molecule has 0 aliphatic heterocycles. The smallest absolute Gasteiger partial charge is 0.407 e. The Morgan fingerprint density at radius 1 is 1.29 bits per heavy atom. The second-order valence-corrected chi connectivity index (χ2v) is 4.77. The average molecular weight is 293 g/mol. The second kappa shape index (κ2) is 9.77. The Bertz CT molecular complexity index is 437. The fourth-order valence-electron chi connectivity index (χ4n) is 1.84. The van der Waals surface area contributed by atoms with E-state index < -0.39 is 12.0 Å². The third-order valence-electron chi connectivity index (χ3n) is 3.06. The molecule has 1 unspecified atom stereocenters. The zero-order valence-corrected chi connectivity index (χ0v) is 12.3. The number of hydrogen-bond acceptors (Lipinski definition) is 4. The molecule has 0 spiro atoms. The van der Waals surface area contributed by atoms with Crippen LogP contribution in [0.5, 0.6) is 0 Å². The van der Waals surface area contributed by atoms with Gasteiger partial charge in [0.1, 0.15) is 0 Å². The Morgan fingerprint density at radius 2 is 2.00 bits per heavy atom. The van der Waals surface area contributed by atoms with E-state index in [4.69, 9.17) is 10.6 Å². The number of ether oxygens (including phenoxy) is 1. The van der Waals surface area contributed by atoms with Gasteiger partial charge in [-0.2, -0.15) is 0 Å². The van der Waals surface area contributed by atoms with Gasteiger partial charge in [-0.25, -0.2) is 10.6 Å². The number of unbranched alkanes of at least 4 members (excludes halogenated alkanes) is 1. The number of benzene rings is 1. The molecular weight excluding hydrogens is 270 g/mol. The molecule has 1 aromatic rings. The summed E-state index contributed by atoms with van der Waals surface area (Å²) in [5, 5.41) is 2.60. The highest BCUT2D eigenvalue weighted by molar-refractivity contribution is 5.79. The molecule has 1 rings (SSSR count). The molecule has 4 N–H and O–H groups in total. The van der Waals surface area contributed by atoms with E-state index in [1.54, 1.807) is 0 Å². The minimum atomic E-state index is -0.508. The average Bonchev–Trinajstić information content (AvgIpc) is 2.52. The van der Waals surface area contributed by atoms with Crippen molar-refractivity contribution in [2.24, 2.45) is 11.8 Å². The van der Waals surface area contributed by atoms with Crippen LogP contribution in [0.15, 0.2) is 30.3 Å². The lowest BCUT2D eigenvalue weighted by molar-refractivity contribution is -0.124. The lowest BCUT2D eigenvalue weighted by atomic mass is 9.98. The molecule has 0 heterocycles. The largest absolute Gasteiger partial charge is 0.450 e. The molecule has 0 aliphatic rings. The molecule has 0 saturated carbocycles. The van der Waals surface area contributed by atoms with Gasteiger partial charge < -0.3 is 10.1 Å². The van der Waals surface area contributed by atoms with Gasteiger partial charge in [0.05, 0.1) is 12.5 Å². The molecule has 1 atom stereocenters. The number of carbonyl (C=O) groups is 2. The molecule has 0 saturated heterocycles. The molecule has 0 radical (unpaired) electrons. The van der Waals surface area contributed by atoms with E-state index in [-0.39, 0.29) is 12.5 Å². The first-order valence-corrected chi connectivity index (χ1v) is 7.12. The number of carbonyl (C=O) groups excluding carboxylic acids is 2. The Hall–Kier alpha value is -2.08. The van der Waals surface area contributed by atoms with Crippen LogP contribution in [0.1, 0.15) is 25.3 Å². The predicted octanol–water partition coefficient (Wildman–Crippen LogP) is 1.36. The maximum absolute atomic E-state index is 11.8. The third kappa shape index (κ3) is 6.76. The summed E-state index contributed by atoms with van der Waals surface area (Å²) >= 11 is 0. The van der Waals surface area contributed by atoms with E-state index in [0.29, 0.717) is 13.0 Å². The van der Waals surface area contributed by atoms with Crippen molar-refractivity contribution in [1.82, 2.24) is 10.7 Å². The van der Waals surface area contributed by atoms with Crippen LogP contribution in [0, 0.1) is 5.92 Å². The number of rotatable bonds is 8. The lowest BCUT2D eigenvalue weighted by Crippen LogP contribution is -2.42. The van der Waals surface area contributed by atoms with Gasteiger partial charge in [-0.15, -0.1) is 0 Å². The second-order valence-electron chi connectivity index (χ2n) is 4.77. The summed E-state index contributed by atoms with van der Waals surface area (Å²) < 4.78 is 4.98. The minimum Gasteiger partial charge on any atom is -0.450 e. The van der Waals surface area contributed by atoms with Crippen molar-refractivity contribution < 1.29 is 14.3 Å². The number of alkyl carbamates (subject to hydrolysis) is 1. The summed E-state index contributed by atoms with van der Waals surface area (Å²) in [6, 6.07) is 9.57. The molecule has 1 aromatic carbocycles. The third-order valence-corrected chi connectivity index (χ3v) is 3.06. The zero-order valence-electron chi connectivity index (χ0n) is 12.3. The summed E-state index contributed by atoms with van der Waals surface area (Å²) in [5.74, 6) is 4.44. The highest BCUT2D eigenvalue weighted by Crippen LogP contribution is 2.08. The molecule has 0 bridgehead atoms. The Kier molecular flexibility index (Phi) is 7.89. The Balaban J connectivity index is 2.47. The van der Waals surface area contributed by atoms with Gasteiger partial charge >= 0.3 is 6.09 Å². The van der Waals surface area contributed by atoms with Gasteiger partial charge in [0.25, 0.3) is 0 Å². The maximum atomic E-state index is 11.8. The highest BCUT2D eigenvalue weighted by Gasteiger charge is 2.19. The van der Waals surface area contributed by atoms with Crippen LogP contribution < -0.4 is 16.6 Å². The molecule has 21 heavy (non-hydrogen) atoms. The van der Waals surface area contributed by atoms with Crippen molar-refractivity contribution in [2.75, 3.05) is 13.2 Å². The number of amides is 2. The van der Waals surface area contributed by atoms with Crippen molar-refractivity contribution >= 4 is 12.0 Å². The molecule has 6 nitrogen and oxygen atoms in total. The minimum absolute atomic E-state index is 0.183. The highest BCUT2D eigenvalue weighted by atomic mass is 16.5. The maximum Gasteiger partial charge on any atom is 0.407 e. The topological polar surface area (TPSA) is 93.4 Å². The van der Waals surface area contributed by atoms with Crippen LogP contribution in [0.25, 0.3) is 0 Å². The monoisotopic (exact) mass is 293 g/mol. The summed E-state index contributed by atoms with van der Waals surface area (Å²) in [7, 11) is 0. The first-order valence-electron chi connectivity index (χ1n) is 7.12. The van der Waals surface area contributed by atoms with Crippen LogP contribution in [0.3, 0.4) is 0 Å². The number of hydrogen-bond donors (Lipinski definition) is 3.